The molecule has 0 N–H and O–H groups in total. The van der Waals surface area contributed by atoms with Crippen molar-refractivity contribution in [2.24, 2.45) is 0 Å². The second-order valence-electron chi connectivity index (χ2n) is 8.47. The highest BCUT2D eigenvalue weighted by Crippen LogP contribution is 2.32. The van der Waals surface area contributed by atoms with Gasteiger partial charge >= 0.3 is 6.09 Å². The van der Waals surface area contributed by atoms with Crippen molar-refractivity contribution in [2.45, 2.75) is 77.1 Å². The van der Waals surface area contributed by atoms with E-state index < -0.39 is 17.7 Å². The molecule has 148 valence electrons. The molecule has 1 atom stereocenters. The van der Waals surface area contributed by atoms with Gasteiger partial charge in [0.25, 0.3) is 0 Å². The Morgan fingerprint density at radius 2 is 1.89 bits per heavy atom. The number of benzene rings is 1. The molecule has 6 heteroatoms. The average molecular weight is 393 g/mol. The first-order valence-electron chi connectivity index (χ1n) is 9.80. The molecule has 1 heterocycles. The molecular formula is C21H29ClN2O3. The van der Waals surface area contributed by atoms with E-state index in [0.717, 1.165) is 31.2 Å². The number of hydrogen-bond donors (Lipinski definition) is 0. The van der Waals surface area contributed by atoms with E-state index in [2.05, 4.69) is 0 Å². The van der Waals surface area contributed by atoms with E-state index >= 15 is 0 Å². The number of nitrogens with zero attached hydrogens (tertiary/aromatic N) is 2. The minimum atomic E-state index is -0.574. The minimum Gasteiger partial charge on any atom is -0.444 e. The highest BCUT2D eigenvalue weighted by atomic mass is 35.5. The van der Waals surface area contributed by atoms with Crippen LogP contribution in [0.1, 0.15) is 58.4 Å². The Kier molecular flexibility index (Phi) is 5.99. The van der Waals surface area contributed by atoms with Crippen LogP contribution in [-0.2, 0) is 16.1 Å². The Morgan fingerprint density at radius 1 is 1.19 bits per heavy atom. The summed E-state index contributed by atoms with van der Waals surface area (Å²) in [5.41, 5.74) is 0.370. The van der Waals surface area contributed by atoms with Crippen LogP contribution >= 0.6 is 11.6 Å². The Balaban J connectivity index is 1.77. The summed E-state index contributed by atoms with van der Waals surface area (Å²) >= 11 is 6.31. The van der Waals surface area contributed by atoms with Crippen LogP contribution in [0.4, 0.5) is 4.79 Å². The molecular weight excluding hydrogens is 364 g/mol. The summed E-state index contributed by atoms with van der Waals surface area (Å²) in [5, 5.41) is 0.670. The summed E-state index contributed by atoms with van der Waals surface area (Å²) in [4.78, 5) is 29.6. The van der Waals surface area contributed by atoms with Crippen LogP contribution < -0.4 is 0 Å². The fourth-order valence-electron chi connectivity index (χ4n) is 3.50. The number of carbonyl (C=O) groups excluding carboxylic acids is 2. The van der Waals surface area contributed by atoms with Gasteiger partial charge in [-0.1, -0.05) is 29.8 Å². The molecule has 1 aliphatic heterocycles. The van der Waals surface area contributed by atoms with Gasteiger partial charge in [-0.3, -0.25) is 9.69 Å². The maximum Gasteiger partial charge on any atom is 0.410 e. The van der Waals surface area contributed by atoms with Crippen molar-refractivity contribution in [1.82, 2.24) is 9.80 Å². The lowest BCUT2D eigenvalue weighted by Gasteiger charge is -2.38. The van der Waals surface area contributed by atoms with Crippen LogP contribution in [-0.4, -0.2) is 46.0 Å². The zero-order valence-electron chi connectivity index (χ0n) is 16.4. The van der Waals surface area contributed by atoms with Crippen molar-refractivity contribution >= 4 is 23.6 Å². The van der Waals surface area contributed by atoms with Gasteiger partial charge in [0.05, 0.1) is 0 Å². The molecule has 0 bridgehead atoms. The fraction of sp³-hybridized carbons (Fsp3) is 0.619. The van der Waals surface area contributed by atoms with Gasteiger partial charge in [0, 0.05) is 24.2 Å². The van der Waals surface area contributed by atoms with Gasteiger partial charge in [-0.15, -0.1) is 0 Å². The molecule has 1 aromatic carbocycles. The third-order valence-electron chi connectivity index (χ3n) is 4.99. The Hall–Kier alpha value is -1.75. The van der Waals surface area contributed by atoms with Gasteiger partial charge in [0.2, 0.25) is 5.91 Å². The lowest BCUT2D eigenvalue weighted by atomic mass is 10.0. The van der Waals surface area contributed by atoms with Gasteiger partial charge in [-0.05, 0) is 64.5 Å². The lowest BCUT2D eigenvalue weighted by molar-refractivity contribution is -0.139. The van der Waals surface area contributed by atoms with Gasteiger partial charge < -0.3 is 9.64 Å². The standard InChI is InChI=1S/C21H29ClN2O3/c1-21(2,3)27-20(26)23-13-7-6-10-18(23)19(25)24(16-11-12-16)14-15-8-4-5-9-17(15)22/h4-5,8-9,16,18H,6-7,10-14H2,1-3H3. The Labute approximate surface area is 166 Å². The average Bonchev–Trinajstić information content (AvgIpc) is 3.44. The van der Waals surface area contributed by atoms with E-state index in [-0.39, 0.29) is 11.9 Å². The van der Waals surface area contributed by atoms with E-state index in [4.69, 9.17) is 16.3 Å². The van der Waals surface area contributed by atoms with Gasteiger partial charge in [0.15, 0.2) is 0 Å². The van der Waals surface area contributed by atoms with Crippen LogP contribution in [0.15, 0.2) is 24.3 Å². The second-order valence-corrected chi connectivity index (χ2v) is 8.88. The first-order valence-corrected chi connectivity index (χ1v) is 10.2. The van der Waals surface area contributed by atoms with Crippen LogP contribution in [0.3, 0.4) is 0 Å². The molecule has 2 amide bonds. The van der Waals surface area contributed by atoms with Crippen molar-refractivity contribution < 1.29 is 14.3 Å². The minimum absolute atomic E-state index is 0.0166. The third kappa shape index (κ3) is 5.16. The molecule has 1 aliphatic carbocycles. The van der Waals surface area contributed by atoms with E-state index in [1.54, 1.807) is 4.90 Å². The third-order valence-corrected chi connectivity index (χ3v) is 5.35. The van der Waals surface area contributed by atoms with E-state index in [1.807, 2.05) is 49.9 Å². The van der Waals surface area contributed by atoms with Crippen molar-refractivity contribution in [2.75, 3.05) is 6.54 Å². The predicted molar refractivity (Wildman–Crippen MR) is 106 cm³/mol. The largest absolute Gasteiger partial charge is 0.444 e. The summed E-state index contributed by atoms with van der Waals surface area (Å²) in [6, 6.07) is 7.43. The summed E-state index contributed by atoms with van der Waals surface area (Å²) < 4.78 is 5.55. The van der Waals surface area contributed by atoms with Crippen LogP contribution in [0.2, 0.25) is 5.02 Å². The van der Waals surface area contributed by atoms with Crippen LogP contribution in [0.25, 0.3) is 0 Å². The molecule has 2 fully saturated rings. The summed E-state index contributed by atoms with van der Waals surface area (Å²) in [6.07, 6.45) is 4.15. The summed E-state index contributed by atoms with van der Waals surface area (Å²) in [6.45, 7) is 6.59. The van der Waals surface area contributed by atoms with E-state index in [0.29, 0.717) is 24.5 Å². The molecule has 5 nitrogen and oxygen atoms in total. The molecule has 1 aromatic rings. The van der Waals surface area contributed by atoms with Crippen molar-refractivity contribution in [3.05, 3.63) is 34.9 Å². The van der Waals surface area contributed by atoms with Crippen molar-refractivity contribution in [1.29, 1.82) is 0 Å². The monoisotopic (exact) mass is 392 g/mol. The number of ether oxygens (including phenoxy) is 1. The molecule has 1 saturated heterocycles. The molecule has 27 heavy (non-hydrogen) atoms. The number of hydrogen-bond acceptors (Lipinski definition) is 3. The summed E-state index contributed by atoms with van der Waals surface area (Å²) in [7, 11) is 0. The molecule has 1 unspecified atom stereocenters. The van der Waals surface area contributed by atoms with Crippen molar-refractivity contribution in [3.8, 4) is 0 Å². The predicted octanol–water partition coefficient (Wildman–Crippen LogP) is 4.62. The Morgan fingerprint density at radius 3 is 2.52 bits per heavy atom. The first kappa shape index (κ1) is 20.0. The van der Waals surface area contributed by atoms with Gasteiger partial charge in [0.1, 0.15) is 11.6 Å². The summed E-state index contributed by atoms with van der Waals surface area (Å²) in [5.74, 6) is 0.0166. The molecule has 0 aromatic heterocycles. The number of likely N-dealkylation sites (tertiary alicyclic amines) is 1. The SMILES string of the molecule is CC(C)(C)OC(=O)N1CCCCC1C(=O)N(Cc1ccccc1Cl)C1CC1. The van der Waals surface area contributed by atoms with E-state index in [9.17, 15) is 9.59 Å². The molecule has 3 rings (SSSR count). The second kappa shape index (κ2) is 8.09. The number of amides is 2. The van der Waals surface area contributed by atoms with Gasteiger partial charge in [-0.2, -0.15) is 0 Å². The topological polar surface area (TPSA) is 49.9 Å². The number of carbonyl (C=O) groups is 2. The highest BCUT2D eigenvalue weighted by Gasteiger charge is 2.41. The maximum absolute atomic E-state index is 13.4. The highest BCUT2D eigenvalue weighted by molar-refractivity contribution is 6.31. The number of halogens is 1. The van der Waals surface area contributed by atoms with Crippen LogP contribution in [0, 0.1) is 0 Å². The molecule has 0 spiro atoms. The fourth-order valence-corrected chi connectivity index (χ4v) is 3.70. The Bertz CT molecular complexity index is 697. The van der Waals surface area contributed by atoms with Crippen LogP contribution in [0.5, 0.6) is 0 Å². The quantitative estimate of drug-likeness (QED) is 0.751. The lowest BCUT2D eigenvalue weighted by Crippen LogP contribution is -2.54. The zero-order chi connectivity index (χ0) is 19.6. The molecule has 2 aliphatic rings. The normalized spacial score (nSPS) is 20.3. The number of piperidine rings is 1. The first-order chi connectivity index (χ1) is 12.8. The van der Waals surface area contributed by atoms with Crippen molar-refractivity contribution in [3.63, 3.8) is 0 Å². The molecule has 0 radical (unpaired) electrons. The zero-order valence-corrected chi connectivity index (χ0v) is 17.2. The van der Waals surface area contributed by atoms with Gasteiger partial charge in [-0.25, -0.2) is 4.79 Å². The number of rotatable bonds is 4. The van der Waals surface area contributed by atoms with E-state index in [1.165, 1.54) is 0 Å². The molecule has 1 saturated carbocycles. The smallest absolute Gasteiger partial charge is 0.410 e. The maximum atomic E-state index is 13.4.